The van der Waals surface area contributed by atoms with Crippen LogP contribution >= 0.6 is 0 Å². The Hall–Kier alpha value is -0.460. The molecule has 0 bridgehead atoms. The Morgan fingerprint density at radius 3 is 1.61 bits per heavy atom. The Morgan fingerprint density at radius 2 is 1.11 bits per heavy atom. The van der Waals surface area contributed by atoms with E-state index < -0.39 is 0 Å². The van der Waals surface area contributed by atoms with Crippen molar-refractivity contribution in [3.05, 3.63) is 12.2 Å². The maximum absolute atomic E-state index is 5.47. The average Bonchev–Trinajstić information content (AvgIpc) is 2.37. The predicted molar refractivity (Wildman–Crippen MR) is 69.9 cm³/mol. The van der Waals surface area contributed by atoms with E-state index in [1.807, 2.05) is 12.2 Å². The van der Waals surface area contributed by atoms with Crippen LogP contribution in [-0.2, 0) is 18.9 Å². The summed E-state index contributed by atoms with van der Waals surface area (Å²) in [4.78, 5) is 2.20. The van der Waals surface area contributed by atoms with Crippen molar-refractivity contribution in [1.82, 2.24) is 4.90 Å². The largest absolute Gasteiger partial charge is 0.378 e. The maximum Gasteiger partial charge on any atom is 0.0704 e. The van der Waals surface area contributed by atoms with Crippen LogP contribution in [0.2, 0.25) is 0 Å². The van der Waals surface area contributed by atoms with Crippen LogP contribution in [0.3, 0.4) is 0 Å². The van der Waals surface area contributed by atoms with Crippen LogP contribution in [0.4, 0.5) is 0 Å². The van der Waals surface area contributed by atoms with Crippen molar-refractivity contribution in [1.29, 1.82) is 0 Å². The maximum atomic E-state index is 5.47. The summed E-state index contributed by atoms with van der Waals surface area (Å²) in [6.07, 6.45) is 3.93. The molecule has 0 saturated carbocycles. The smallest absolute Gasteiger partial charge is 0.0704 e. The van der Waals surface area contributed by atoms with Crippen LogP contribution < -0.4 is 0 Å². The highest BCUT2D eigenvalue weighted by Crippen LogP contribution is 1.88. The first-order chi connectivity index (χ1) is 8.89. The quantitative estimate of drug-likeness (QED) is 0.594. The topological polar surface area (TPSA) is 40.2 Å². The molecule has 0 aromatic heterocycles. The zero-order valence-electron chi connectivity index (χ0n) is 11.3. The van der Waals surface area contributed by atoms with Gasteiger partial charge < -0.3 is 23.8 Å². The van der Waals surface area contributed by atoms with E-state index in [9.17, 15) is 0 Å². The predicted octanol–water partition coefficient (Wildman–Crippen LogP) is 0.554. The molecule has 0 aliphatic carbocycles. The van der Waals surface area contributed by atoms with Crippen molar-refractivity contribution in [3.63, 3.8) is 0 Å². The third kappa shape index (κ3) is 9.56. The molecule has 0 saturated heterocycles. The standard InChI is InChI=1S/C13H25NO4/c1-14-4-8-17-12-10-15-6-2-3-7-16-11-13-18-9-5-14/h2-3H,4-13H2,1H3/b3-2+. The number of hydrogen-bond donors (Lipinski definition) is 0. The summed E-state index contributed by atoms with van der Waals surface area (Å²) >= 11 is 0. The molecule has 0 aromatic carbocycles. The van der Waals surface area contributed by atoms with E-state index >= 15 is 0 Å². The number of nitrogens with zero attached hydrogens (tertiary/aromatic N) is 1. The summed E-state index contributed by atoms with van der Waals surface area (Å²) in [6, 6.07) is 0. The van der Waals surface area contributed by atoms with Crippen molar-refractivity contribution >= 4 is 0 Å². The fourth-order valence-electron chi connectivity index (χ4n) is 1.43. The monoisotopic (exact) mass is 259 g/mol. The minimum absolute atomic E-state index is 0.614. The fraction of sp³-hybridized carbons (Fsp3) is 0.846. The van der Waals surface area contributed by atoms with Crippen LogP contribution in [0.5, 0.6) is 0 Å². The van der Waals surface area contributed by atoms with Gasteiger partial charge in [0.15, 0.2) is 0 Å². The van der Waals surface area contributed by atoms with Gasteiger partial charge in [0.05, 0.1) is 52.9 Å². The molecule has 0 radical (unpaired) electrons. The molecule has 0 unspecified atom stereocenters. The van der Waals surface area contributed by atoms with Crippen molar-refractivity contribution in [3.8, 4) is 0 Å². The van der Waals surface area contributed by atoms with E-state index in [1.54, 1.807) is 0 Å². The molecule has 0 amide bonds. The van der Waals surface area contributed by atoms with Gasteiger partial charge in [0.25, 0.3) is 0 Å². The van der Waals surface area contributed by atoms with Gasteiger partial charge in [-0.15, -0.1) is 0 Å². The van der Waals surface area contributed by atoms with Crippen LogP contribution in [0.1, 0.15) is 0 Å². The van der Waals surface area contributed by atoms with Gasteiger partial charge in [-0.3, -0.25) is 0 Å². The van der Waals surface area contributed by atoms with Gasteiger partial charge in [-0.25, -0.2) is 0 Å². The molecule has 1 rings (SSSR count). The molecule has 0 spiro atoms. The highest BCUT2D eigenvalue weighted by atomic mass is 16.5. The van der Waals surface area contributed by atoms with Crippen molar-refractivity contribution in [2.45, 2.75) is 0 Å². The normalized spacial score (nSPS) is 25.4. The Morgan fingerprint density at radius 1 is 0.667 bits per heavy atom. The van der Waals surface area contributed by atoms with E-state index in [4.69, 9.17) is 18.9 Å². The average molecular weight is 259 g/mol. The fourth-order valence-corrected chi connectivity index (χ4v) is 1.43. The number of rotatable bonds is 0. The first-order valence-corrected chi connectivity index (χ1v) is 6.54. The van der Waals surface area contributed by atoms with Crippen LogP contribution in [0.25, 0.3) is 0 Å². The van der Waals surface area contributed by atoms with E-state index in [-0.39, 0.29) is 0 Å². The molecule has 1 aliphatic rings. The molecule has 0 fully saturated rings. The Kier molecular flexibility index (Phi) is 10.1. The van der Waals surface area contributed by atoms with Crippen LogP contribution in [0, 0.1) is 0 Å². The molecular formula is C13H25NO4. The lowest BCUT2D eigenvalue weighted by molar-refractivity contribution is 0.0374. The zero-order valence-corrected chi connectivity index (χ0v) is 11.3. The van der Waals surface area contributed by atoms with E-state index in [1.165, 1.54) is 0 Å². The summed E-state index contributed by atoms with van der Waals surface area (Å²) in [5.74, 6) is 0. The van der Waals surface area contributed by atoms with Crippen LogP contribution in [0.15, 0.2) is 12.2 Å². The van der Waals surface area contributed by atoms with Crippen molar-refractivity contribution in [2.24, 2.45) is 0 Å². The second kappa shape index (κ2) is 11.6. The van der Waals surface area contributed by atoms with E-state index in [0.717, 1.165) is 26.3 Å². The Bertz CT molecular complexity index is 191. The SMILES string of the molecule is CN1CCOCCOC/C=C/COCCOCC1. The van der Waals surface area contributed by atoms with E-state index in [0.29, 0.717) is 39.6 Å². The van der Waals surface area contributed by atoms with Gasteiger partial charge >= 0.3 is 0 Å². The summed E-state index contributed by atoms with van der Waals surface area (Å²) in [5, 5.41) is 0. The molecule has 5 heteroatoms. The highest BCUT2D eigenvalue weighted by Gasteiger charge is 1.98. The number of hydrogen-bond acceptors (Lipinski definition) is 5. The van der Waals surface area contributed by atoms with Gasteiger partial charge in [0.1, 0.15) is 0 Å². The molecule has 1 heterocycles. The molecule has 5 nitrogen and oxygen atoms in total. The zero-order chi connectivity index (χ0) is 12.9. The summed E-state index contributed by atoms with van der Waals surface area (Å²) in [5.41, 5.74) is 0. The first kappa shape index (κ1) is 15.6. The second-order valence-corrected chi connectivity index (χ2v) is 4.15. The Labute approximate surface area is 110 Å². The molecule has 1 aliphatic heterocycles. The molecule has 106 valence electrons. The first-order valence-electron chi connectivity index (χ1n) is 6.54. The summed E-state index contributed by atoms with van der Waals surface area (Å²) in [6.45, 7) is 7.10. The number of likely N-dealkylation sites (N-methyl/N-ethyl adjacent to an activating group) is 1. The van der Waals surface area contributed by atoms with Crippen molar-refractivity contribution < 1.29 is 18.9 Å². The molecule has 0 aromatic rings. The second-order valence-electron chi connectivity index (χ2n) is 4.15. The molecular weight excluding hydrogens is 234 g/mol. The minimum Gasteiger partial charge on any atom is -0.378 e. The van der Waals surface area contributed by atoms with Gasteiger partial charge in [0, 0.05) is 13.1 Å². The lowest BCUT2D eigenvalue weighted by Crippen LogP contribution is -2.27. The van der Waals surface area contributed by atoms with Crippen LogP contribution in [-0.4, -0.2) is 77.9 Å². The minimum atomic E-state index is 0.614. The van der Waals surface area contributed by atoms with Crippen molar-refractivity contribution in [2.75, 3.05) is 73.0 Å². The third-order valence-electron chi connectivity index (χ3n) is 2.57. The lowest BCUT2D eigenvalue weighted by Gasteiger charge is -2.16. The number of ether oxygens (including phenoxy) is 4. The summed E-state index contributed by atoms with van der Waals surface area (Å²) < 4.78 is 21.7. The van der Waals surface area contributed by atoms with E-state index in [2.05, 4.69) is 11.9 Å². The van der Waals surface area contributed by atoms with Gasteiger partial charge in [-0.05, 0) is 7.05 Å². The van der Waals surface area contributed by atoms with Gasteiger partial charge in [-0.2, -0.15) is 0 Å². The molecule has 0 N–H and O–H groups in total. The molecule has 0 atom stereocenters. The Balaban J connectivity index is 2.15. The summed E-state index contributed by atoms with van der Waals surface area (Å²) in [7, 11) is 2.07. The third-order valence-corrected chi connectivity index (χ3v) is 2.57. The molecule has 18 heavy (non-hydrogen) atoms. The highest BCUT2D eigenvalue weighted by molar-refractivity contribution is 4.81. The van der Waals surface area contributed by atoms with Gasteiger partial charge in [-0.1, -0.05) is 12.2 Å². The van der Waals surface area contributed by atoms with Gasteiger partial charge in [0.2, 0.25) is 0 Å². The lowest BCUT2D eigenvalue weighted by atomic mass is 10.5.